The summed E-state index contributed by atoms with van der Waals surface area (Å²) in [5.74, 6) is 0. The van der Waals surface area contributed by atoms with Gasteiger partial charge in [-0.05, 0) is 54.8 Å². The van der Waals surface area contributed by atoms with Crippen LogP contribution in [0.25, 0.3) is 0 Å². The van der Waals surface area contributed by atoms with E-state index in [4.69, 9.17) is 5.11 Å². The van der Waals surface area contributed by atoms with Crippen molar-refractivity contribution in [2.24, 2.45) is 10.2 Å². The van der Waals surface area contributed by atoms with Crippen LogP contribution in [-0.2, 0) is 4.79 Å². The molecule has 6 heteroatoms. The van der Waals surface area contributed by atoms with E-state index in [1.54, 1.807) is 23.5 Å². The fourth-order valence-corrected chi connectivity index (χ4v) is 2.78. The Morgan fingerprint density at radius 3 is 2.05 bits per heavy atom. The van der Waals surface area contributed by atoms with E-state index < -0.39 is 0 Å². The van der Waals surface area contributed by atoms with E-state index in [-0.39, 0.29) is 5.70 Å². The van der Waals surface area contributed by atoms with E-state index in [1.165, 1.54) is 9.79 Å². The SMILES string of the molecule is CSc1ccc(Sc2ccc(N=NC(C=O)=CO)cc2)cc1. The monoisotopic (exact) mass is 330 g/mol. The van der Waals surface area contributed by atoms with Crippen LogP contribution in [-0.4, -0.2) is 17.6 Å². The van der Waals surface area contributed by atoms with Gasteiger partial charge >= 0.3 is 0 Å². The highest BCUT2D eigenvalue weighted by Gasteiger charge is 1.99. The molecular formula is C16H14N2O2S2. The van der Waals surface area contributed by atoms with Gasteiger partial charge in [-0.25, -0.2) is 0 Å². The number of hydrogen-bond acceptors (Lipinski definition) is 6. The number of hydrogen-bond donors (Lipinski definition) is 1. The van der Waals surface area contributed by atoms with Crippen LogP contribution in [0.2, 0.25) is 0 Å². The molecule has 4 nitrogen and oxygen atoms in total. The lowest BCUT2D eigenvalue weighted by Gasteiger charge is -2.03. The number of thioether (sulfide) groups is 1. The average Bonchev–Trinajstić information content (AvgIpc) is 2.58. The van der Waals surface area contributed by atoms with Crippen molar-refractivity contribution in [2.45, 2.75) is 14.7 Å². The van der Waals surface area contributed by atoms with Crippen LogP contribution >= 0.6 is 23.5 Å². The minimum Gasteiger partial charge on any atom is -0.513 e. The van der Waals surface area contributed by atoms with Gasteiger partial charge in [-0.3, -0.25) is 4.79 Å². The van der Waals surface area contributed by atoms with Gasteiger partial charge in [0.1, 0.15) is 6.26 Å². The molecule has 2 aromatic rings. The van der Waals surface area contributed by atoms with Gasteiger partial charge in [-0.1, -0.05) is 11.8 Å². The predicted octanol–water partition coefficient (Wildman–Crippen LogP) is 5.24. The fourth-order valence-electron chi connectivity index (χ4n) is 1.56. The van der Waals surface area contributed by atoms with Crippen molar-refractivity contribution in [1.29, 1.82) is 0 Å². The van der Waals surface area contributed by atoms with Gasteiger partial charge < -0.3 is 5.11 Å². The second-order valence-electron chi connectivity index (χ2n) is 4.14. The molecule has 0 bridgehead atoms. The zero-order valence-electron chi connectivity index (χ0n) is 11.8. The normalized spacial score (nSPS) is 11.8. The first kappa shape index (κ1) is 16.3. The minimum absolute atomic E-state index is 0.118. The van der Waals surface area contributed by atoms with Crippen LogP contribution in [0.1, 0.15) is 0 Å². The molecule has 112 valence electrons. The smallest absolute Gasteiger partial charge is 0.173 e. The maximum Gasteiger partial charge on any atom is 0.173 e. The van der Waals surface area contributed by atoms with Gasteiger partial charge in [0.05, 0.1) is 5.69 Å². The Morgan fingerprint density at radius 1 is 1.00 bits per heavy atom. The molecule has 0 saturated heterocycles. The van der Waals surface area contributed by atoms with Crippen molar-refractivity contribution in [1.82, 2.24) is 0 Å². The molecule has 1 N–H and O–H groups in total. The van der Waals surface area contributed by atoms with Crippen LogP contribution in [0, 0.1) is 0 Å². The second-order valence-corrected chi connectivity index (χ2v) is 6.17. The van der Waals surface area contributed by atoms with Crippen LogP contribution in [0.5, 0.6) is 0 Å². The number of allylic oxidation sites excluding steroid dienone is 1. The summed E-state index contributed by atoms with van der Waals surface area (Å²) in [6.07, 6.45) is 3.11. The Balaban J connectivity index is 2.03. The highest BCUT2D eigenvalue weighted by atomic mass is 32.2. The third-order valence-corrected chi connectivity index (χ3v) is 4.43. The molecule has 0 aliphatic heterocycles. The molecule has 0 aromatic heterocycles. The summed E-state index contributed by atoms with van der Waals surface area (Å²) in [5, 5.41) is 16.2. The van der Waals surface area contributed by atoms with E-state index in [2.05, 4.69) is 40.7 Å². The van der Waals surface area contributed by atoms with Crippen molar-refractivity contribution < 1.29 is 9.90 Å². The molecule has 0 saturated carbocycles. The van der Waals surface area contributed by atoms with Crippen LogP contribution in [0.4, 0.5) is 5.69 Å². The molecule has 2 rings (SSSR count). The molecule has 0 heterocycles. The third-order valence-electron chi connectivity index (χ3n) is 2.67. The number of aliphatic hydroxyl groups excluding tert-OH is 1. The first-order valence-corrected chi connectivity index (χ1v) is 8.42. The van der Waals surface area contributed by atoms with E-state index in [0.717, 1.165) is 4.90 Å². The molecule has 0 amide bonds. The Kier molecular flexibility index (Phi) is 6.24. The molecular weight excluding hydrogens is 316 g/mol. The number of nitrogens with zero attached hydrogens (tertiary/aromatic N) is 2. The topological polar surface area (TPSA) is 62.0 Å². The van der Waals surface area contributed by atoms with Crippen molar-refractivity contribution in [3.63, 3.8) is 0 Å². The fraction of sp³-hybridized carbons (Fsp3) is 0.0625. The largest absolute Gasteiger partial charge is 0.513 e. The van der Waals surface area contributed by atoms with Crippen molar-refractivity contribution >= 4 is 35.5 Å². The summed E-state index contributed by atoms with van der Waals surface area (Å²) < 4.78 is 0. The summed E-state index contributed by atoms with van der Waals surface area (Å²) in [7, 11) is 0. The number of carbonyl (C=O) groups excluding carboxylic acids is 1. The Morgan fingerprint density at radius 2 is 1.55 bits per heavy atom. The number of azo groups is 1. The molecule has 2 aromatic carbocycles. The molecule has 0 fully saturated rings. The van der Waals surface area contributed by atoms with Crippen molar-refractivity contribution in [3.8, 4) is 0 Å². The standard InChI is InChI=1S/C16H14N2O2S2/c1-21-14-6-8-16(9-7-14)22-15-4-2-12(3-5-15)17-18-13(10-19)11-20/h2-11,19H,1H3. The Bertz CT molecular complexity index is 680. The van der Waals surface area contributed by atoms with Gasteiger partial charge in [-0.15, -0.1) is 16.9 Å². The lowest BCUT2D eigenvalue weighted by atomic mass is 10.3. The van der Waals surface area contributed by atoms with Crippen molar-refractivity contribution in [2.75, 3.05) is 6.26 Å². The first-order valence-electron chi connectivity index (χ1n) is 6.38. The number of benzene rings is 2. The second kappa shape index (κ2) is 8.41. The molecule has 0 aliphatic carbocycles. The Hall–Kier alpha value is -2.05. The van der Waals surface area contributed by atoms with Crippen LogP contribution in [0.15, 0.2) is 85.4 Å². The van der Waals surface area contributed by atoms with Gasteiger partial charge in [0.15, 0.2) is 12.0 Å². The first-order chi connectivity index (χ1) is 10.7. The van der Waals surface area contributed by atoms with Gasteiger partial charge in [-0.2, -0.15) is 5.11 Å². The molecule has 0 radical (unpaired) electrons. The van der Waals surface area contributed by atoms with E-state index in [0.29, 0.717) is 18.2 Å². The lowest BCUT2D eigenvalue weighted by Crippen LogP contribution is -1.77. The van der Waals surface area contributed by atoms with E-state index in [9.17, 15) is 4.79 Å². The molecule has 0 unspecified atom stereocenters. The van der Waals surface area contributed by atoms with E-state index >= 15 is 0 Å². The van der Waals surface area contributed by atoms with Gasteiger partial charge in [0.25, 0.3) is 0 Å². The molecule has 0 spiro atoms. The average molecular weight is 330 g/mol. The highest BCUT2D eigenvalue weighted by Crippen LogP contribution is 2.30. The molecule has 0 aliphatic rings. The van der Waals surface area contributed by atoms with Gasteiger partial charge in [0, 0.05) is 14.7 Å². The highest BCUT2D eigenvalue weighted by molar-refractivity contribution is 7.99. The Labute approximate surface area is 137 Å². The van der Waals surface area contributed by atoms with Crippen molar-refractivity contribution in [3.05, 3.63) is 60.5 Å². The van der Waals surface area contributed by atoms with E-state index in [1.807, 2.05) is 24.3 Å². The number of carbonyl (C=O) groups is 1. The third kappa shape index (κ3) is 4.75. The summed E-state index contributed by atoms with van der Waals surface area (Å²) in [6, 6.07) is 15.9. The van der Waals surface area contributed by atoms with Crippen LogP contribution < -0.4 is 0 Å². The molecule has 22 heavy (non-hydrogen) atoms. The van der Waals surface area contributed by atoms with Crippen LogP contribution in [0.3, 0.4) is 0 Å². The zero-order chi connectivity index (χ0) is 15.8. The lowest BCUT2D eigenvalue weighted by molar-refractivity contribution is -0.105. The quantitative estimate of drug-likeness (QED) is 0.259. The number of aldehydes is 1. The minimum atomic E-state index is -0.118. The molecule has 0 atom stereocenters. The summed E-state index contributed by atoms with van der Waals surface area (Å²) in [4.78, 5) is 14.0. The summed E-state index contributed by atoms with van der Waals surface area (Å²) in [5.41, 5.74) is 0.496. The maximum atomic E-state index is 10.5. The maximum absolute atomic E-state index is 10.5. The number of rotatable bonds is 6. The van der Waals surface area contributed by atoms with Gasteiger partial charge in [0.2, 0.25) is 0 Å². The zero-order valence-corrected chi connectivity index (χ0v) is 13.5. The number of aliphatic hydroxyl groups is 1. The summed E-state index contributed by atoms with van der Waals surface area (Å²) in [6.45, 7) is 0. The predicted molar refractivity (Wildman–Crippen MR) is 90.1 cm³/mol. The summed E-state index contributed by atoms with van der Waals surface area (Å²) >= 11 is 3.38.